The number of hydrogen-bond donors (Lipinski definition) is 0. The van der Waals surface area contributed by atoms with E-state index in [1.807, 2.05) is 42.5 Å². The normalized spacial score (nSPS) is 11.7. The van der Waals surface area contributed by atoms with Gasteiger partial charge in [-0.15, -0.1) is 11.3 Å². The Balaban J connectivity index is 1.87. The van der Waals surface area contributed by atoms with E-state index >= 15 is 0 Å². The molecule has 2 heterocycles. The topological polar surface area (TPSA) is 26.0 Å². The van der Waals surface area contributed by atoms with E-state index in [1.54, 1.807) is 11.3 Å². The van der Waals surface area contributed by atoms with Gasteiger partial charge in [-0.05, 0) is 24.3 Å². The molecule has 23 heavy (non-hydrogen) atoms. The molecule has 2 aromatic heterocycles. The smallest absolute Gasteiger partial charge is 0.227 e. The number of halogens is 1. The molecule has 3 aromatic carbocycles. The minimum absolute atomic E-state index is 0.601. The zero-order valence-corrected chi connectivity index (χ0v) is 13.5. The zero-order chi connectivity index (χ0) is 15.4. The summed E-state index contributed by atoms with van der Waals surface area (Å²) in [5.74, 6) is 0.601. The van der Waals surface area contributed by atoms with Crippen LogP contribution >= 0.6 is 22.9 Å². The summed E-state index contributed by atoms with van der Waals surface area (Å²) in [7, 11) is 0. The van der Waals surface area contributed by atoms with Crippen LogP contribution in [0.15, 0.2) is 65.1 Å². The third-order valence-corrected chi connectivity index (χ3v) is 5.46. The van der Waals surface area contributed by atoms with Crippen molar-refractivity contribution in [2.75, 3.05) is 0 Å². The SMILES string of the molecule is Clc1c2oc(-c3ccccc3)nc2cc2sc3ccccc3c12. The third kappa shape index (κ3) is 1.90. The molecule has 110 valence electrons. The summed E-state index contributed by atoms with van der Waals surface area (Å²) in [4.78, 5) is 4.62. The summed E-state index contributed by atoms with van der Waals surface area (Å²) < 4.78 is 8.33. The largest absolute Gasteiger partial charge is 0.434 e. The maximum Gasteiger partial charge on any atom is 0.227 e. The Labute approximate surface area is 140 Å². The van der Waals surface area contributed by atoms with Crippen LogP contribution in [0, 0.1) is 0 Å². The number of oxazole rings is 1. The van der Waals surface area contributed by atoms with E-state index in [9.17, 15) is 0 Å². The van der Waals surface area contributed by atoms with Crippen LogP contribution in [0.1, 0.15) is 0 Å². The average Bonchev–Trinajstić information content (AvgIpc) is 3.17. The van der Waals surface area contributed by atoms with E-state index in [4.69, 9.17) is 16.0 Å². The van der Waals surface area contributed by atoms with Gasteiger partial charge in [0, 0.05) is 25.7 Å². The number of aromatic nitrogens is 1. The molecular weight excluding hydrogens is 326 g/mol. The van der Waals surface area contributed by atoms with E-state index in [0.717, 1.165) is 26.6 Å². The van der Waals surface area contributed by atoms with Gasteiger partial charge in [0.1, 0.15) is 5.52 Å². The van der Waals surface area contributed by atoms with E-state index in [1.165, 1.54) is 4.70 Å². The fraction of sp³-hybridized carbons (Fsp3) is 0. The number of thiophene rings is 1. The quantitative estimate of drug-likeness (QED) is 0.348. The van der Waals surface area contributed by atoms with Gasteiger partial charge in [0.15, 0.2) is 5.58 Å². The average molecular weight is 336 g/mol. The van der Waals surface area contributed by atoms with Crippen molar-refractivity contribution in [3.8, 4) is 11.5 Å². The fourth-order valence-corrected chi connectivity index (χ4v) is 4.46. The molecule has 5 aromatic rings. The molecule has 0 amide bonds. The number of rotatable bonds is 1. The van der Waals surface area contributed by atoms with Crippen molar-refractivity contribution in [2.45, 2.75) is 0 Å². The summed E-state index contributed by atoms with van der Waals surface area (Å²) >= 11 is 8.40. The molecule has 0 saturated heterocycles. The highest BCUT2D eigenvalue weighted by atomic mass is 35.5. The van der Waals surface area contributed by atoms with Crippen molar-refractivity contribution in [1.82, 2.24) is 4.98 Å². The Hall–Kier alpha value is -2.36. The van der Waals surface area contributed by atoms with Crippen LogP contribution in [0.3, 0.4) is 0 Å². The molecule has 4 heteroatoms. The van der Waals surface area contributed by atoms with Crippen molar-refractivity contribution >= 4 is 54.2 Å². The zero-order valence-electron chi connectivity index (χ0n) is 11.9. The Bertz CT molecular complexity index is 1170. The molecule has 0 aliphatic carbocycles. The molecule has 0 aliphatic rings. The minimum Gasteiger partial charge on any atom is -0.434 e. The first-order valence-electron chi connectivity index (χ1n) is 7.27. The fourth-order valence-electron chi connectivity index (χ4n) is 2.92. The third-order valence-electron chi connectivity index (χ3n) is 3.98. The summed E-state index contributed by atoms with van der Waals surface area (Å²) in [5, 5.41) is 2.86. The summed E-state index contributed by atoms with van der Waals surface area (Å²) in [6.45, 7) is 0. The highest BCUT2D eigenvalue weighted by Crippen LogP contribution is 2.42. The summed E-state index contributed by atoms with van der Waals surface area (Å²) in [5.41, 5.74) is 2.41. The van der Waals surface area contributed by atoms with Crippen LogP contribution in [0.25, 0.3) is 42.7 Å². The van der Waals surface area contributed by atoms with Gasteiger partial charge < -0.3 is 4.42 Å². The van der Waals surface area contributed by atoms with Crippen LogP contribution in [-0.4, -0.2) is 4.98 Å². The van der Waals surface area contributed by atoms with Crippen molar-refractivity contribution < 1.29 is 4.42 Å². The van der Waals surface area contributed by atoms with E-state index in [0.29, 0.717) is 16.5 Å². The first kappa shape index (κ1) is 13.1. The molecule has 5 rings (SSSR count). The van der Waals surface area contributed by atoms with Crippen molar-refractivity contribution in [3.05, 3.63) is 65.7 Å². The maximum absolute atomic E-state index is 6.67. The predicted octanol–water partition coefficient (Wildman–Crippen LogP) is 6.52. The van der Waals surface area contributed by atoms with Gasteiger partial charge in [0.05, 0.1) is 5.02 Å². The van der Waals surface area contributed by atoms with Gasteiger partial charge in [-0.25, -0.2) is 4.98 Å². The maximum atomic E-state index is 6.67. The number of nitrogens with zero attached hydrogens (tertiary/aromatic N) is 1. The lowest BCUT2D eigenvalue weighted by molar-refractivity contribution is 0.620. The number of fused-ring (bicyclic) bond motifs is 4. The lowest BCUT2D eigenvalue weighted by Gasteiger charge is -1.96. The van der Waals surface area contributed by atoms with E-state index < -0.39 is 0 Å². The Morgan fingerprint density at radius 1 is 0.913 bits per heavy atom. The Morgan fingerprint density at radius 2 is 1.70 bits per heavy atom. The second kappa shape index (κ2) is 4.82. The van der Waals surface area contributed by atoms with E-state index in [-0.39, 0.29) is 0 Å². The second-order valence-electron chi connectivity index (χ2n) is 5.40. The van der Waals surface area contributed by atoms with Gasteiger partial charge >= 0.3 is 0 Å². The van der Waals surface area contributed by atoms with Gasteiger partial charge in [-0.1, -0.05) is 48.0 Å². The summed E-state index contributed by atoms with van der Waals surface area (Å²) in [6, 6.07) is 20.2. The first-order chi connectivity index (χ1) is 11.3. The highest BCUT2D eigenvalue weighted by molar-refractivity contribution is 7.26. The van der Waals surface area contributed by atoms with Gasteiger partial charge in [0.2, 0.25) is 5.89 Å². The van der Waals surface area contributed by atoms with Crippen molar-refractivity contribution in [1.29, 1.82) is 0 Å². The van der Waals surface area contributed by atoms with Crippen LogP contribution in [0.5, 0.6) is 0 Å². The molecule has 0 fully saturated rings. The Kier molecular flexibility index (Phi) is 2.75. The monoisotopic (exact) mass is 335 g/mol. The molecule has 0 bridgehead atoms. The van der Waals surface area contributed by atoms with Gasteiger partial charge in [0.25, 0.3) is 0 Å². The van der Waals surface area contributed by atoms with Crippen LogP contribution in [0.2, 0.25) is 5.02 Å². The van der Waals surface area contributed by atoms with Crippen LogP contribution < -0.4 is 0 Å². The van der Waals surface area contributed by atoms with Crippen molar-refractivity contribution in [3.63, 3.8) is 0 Å². The molecule has 0 spiro atoms. The van der Waals surface area contributed by atoms with Crippen LogP contribution in [-0.2, 0) is 0 Å². The predicted molar refractivity (Wildman–Crippen MR) is 97.3 cm³/mol. The number of benzene rings is 3. The Morgan fingerprint density at radius 3 is 2.57 bits per heavy atom. The molecule has 0 unspecified atom stereocenters. The second-order valence-corrected chi connectivity index (χ2v) is 6.86. The number of hydrogen-bond acceptors (Lipinski definition) is 3. The summed E-state index contributed by atoms with van der Waals surface area (Å²) in [6.07, 6.45) is 0. The molecule has 0 saturated carbocycles. The van der Waals surface area contributed by atoms with Gasteiger partial charge in [-0.3, -0.25) is 0 Å². The molecule has 0 N–H and O–H groups in total. The first-order valence-corrected chi connectivity index (χ1v) is 8.46. The standard InChI is InChI=1S/C19H10ClNOS/c20-17-16-12-8-4-5-9-14(12)23-15(16)10-13-18(17)22-19(21-13)11-6-2-1-3-7-11/h1-10H. The van der Waals surface area contributed by atoms with Crippen molar-refractivity contribution in [2.24, 2.45) is 0 Å². The molecule has 0 radical (unpaired) electrons. The minimum atomic E-state index is 0.601. The van der Waals surface area contributed by atoms with Gasteiger partial charge in [-0.2, -0.15) is 0 Å². The van der Waals surface area contributed by atoms with E-state index in [2.05, 4.69) is 23.2 Å². The highest BCUT2D eigenvalue weighted by Gasteiger charge is 2.17. The lowest BCUT2D eigenvalue weighted by Crippen LogP contribution is -1.74. The molecular formula is C19H10ClNOS. The molecule has 0 atom stereocenters. The molecule has 2 nitrogen and oxygen atoms in total. The lowest BCUT2D eigenvalue weighted by atomic mass is 10.1. The molecule has 0 aliphatic heterocycles. The van der Waals surface area contributed by atoms with Crippen LogP contribution in [0.4, 0.5) is 0 Å².